The highest BCUT2D eigenvalue weighted by atomic mass is 35.5. The van der Waals surface area contributed by atoms with Gasteiger partial charge in [0.2, 0.25) is 0 Å². The molecular formula is C18H15ClF3NO5. The molecule has 1 N–H and O–H groups in total. The van der Waals surface area contributed by atoms with Crippen LogP contribution in [0.4, 0.5) is 18.9 Å². The first-order chi connectivity index (χ1) is 13.1. The van der Waals surface area contributed by atoms with Crippen LogP contribution in [-0.4, -0.2) is 30.6 Å². The quantitative estimate of drug-likeness (QED) is 0.761. The standard InChI is InChI=1S/C18H15ClF3NO5/c19-10-2-1-8(18(20,21)22)5-11(10)23-13(24)6-27-16(25)14-7-3-9-12(4-7)28-17(26)15(9)14/h1-2,5,7,9,12,14-15H,3-4,6H2,(H,23,24)/t7-,9-,12+,14-,15-/m0/s1. The zero-order valence-electron chi connectivity index (χ0n) is 14.3. The molecule has 1 aliphatic heterocycles. The number of nitrogens with one attached hydrogen (secondary N) is 1. The fourth-order valence-electron chi connectivity index (χ4n) is 4.54. The minimum Gasteiger partial charge on any atom is -0.462 e. The van der Waals surface area contributed by atoms with Gasteiger partial charge < -0.3 is 14.8 Å². The Morgan fingerprint density at radius 2 is 2.04 bits per heavy atom. The summed E-state index contributed by atoms with van der Waals surface area (Å²) < 4.78 is 48.6. The van der Waals surface area contributed by atoms with Crippen LogP contribution >= 0.6 is 11.6 Å². The zero-order chi connectivity index (χ0) is 20.2. The van der Waals surface area contributed by atoms with E-state index in [1.54, 1.807) is 0 Å². The number of carbonyl (C=O) groups excluding carboxylic acids is 3. The number of halogens is 4. The second-order valence-corrected chi connectivity index (χ2v) is 7.68. The number of hydrogen-bond donors (Lipinski definition) is 1. The first-order valence-corrected chi connectivity index (χ1v) is 9.06. The molecule has 0 aromatic heterocycles. The Balaban J connectivity index is 1.37. The van der Waals surface area contributed by atoms with Crippen molar-refractivity contribution in [1.82, 2.24) is 0 Å². The van der Waals surface area contributed by atoms with Crippen LogP contribution < -0.4 is 5.32 Å². The average Bonchev–Trinajstić information content (AvgIpc) is 3.22. The van der Waals surface area contributed by atoms with Crippen molar-refractivity contribution in [2.45, 2.75) is 25.1 Å². The second-order valence-electron chi connectivity index (χ2n) is 7.27. The average molecular weight is 418 g/mol. The van der Waals surface area contributed by atoms with E-state index in [1.165, 1.54) is 0 Å². The molecule has 1 aromatic carbocycles. The summed E-state index contributed by atoms with van der Waals surface area (Å²) in [6.45, 7) is -0.690. The fraction of sp³-hybridized carbons (Fsp3) is 0.500. The molecule has 5 atom stereocenters. The number of benzene rings is 1. The fourth-order valence-corrected chi connectivity index (χ4v) is 4.71. The van der Waals surface area contributed by atoms with Gasteiger partial charge >= 0.3 is 18.1 Å². The smallest absolute Gasteiger partial charge is 0.416 e. The van der Waals surface area contributed by atoms with E-state index < -0.39 is 48.0 Å². The molecule has 0 unspecified atom stereocenters. The van der Waals surface area contributed by atoms with Crippen molar-refractivity contribution >= 4 is 35.1 Å². The van der Waals surface area contributed by atoms with Crippen molar-refractivity contribution in [3.05, 3.63) is 28.8 Å². The maximum Gasteiger partial charge on any atom is 0.416 e. The highest BCUT2D eigenvalue weighted by Crippen LogP contribution is 2.57. The lowest BCUT2D eigenvalue weighted by Crippen LogP contribution is -2.35. The summed E-state index contributed by atoms with van der Waals surface area (Å²) in [6, 6.07) is 2.51. The van der Waals surface area contributed by atoms with Crippen molar-refractivity contribution in [2.24, 2.45) is 23.7 Å². The van der Waals surface area contributed by atoms with Crippen molar-refractivity contribution in [2.75, 3.05) is 11.9 Å². The van der Waals surface area contributed by atoms with E-state index in [-0.39, 0.29) is 28.6 Å². The van der Waals surface area contributed by atoms with E-state index in [2.05, 4.69) is 5.32 Å². The van der Waals surface area contributed by atoms with Gasteiger partial charge in [0.1, 0.15) is 6.10 Å². The lowest BCUT2D eigenvalue weighted by Gasteiger charge is -2.22. The van der Waals surface area contributed by atoms with Gasteiger partial charge in [-0.25, -0.2) is 0 Å². The van der Waals surface area contributed by atoms with E-state index in [0.29, 0.717) is 18.9 Å². The number of fused-ring (bicyclic) bond motifs is 1. The van der Waals surface area contributed by atoms with E-state index in [0.717, 1.165) is 12.1 Å². The van der Waals surface area contributed by atoms with Gasteiger partial charge in [0, 0.05) is 5.92 Å². The molecule has 3 fully saturated rings. The molecule has 2 aliphatic carbocycles. The van der Waals surface area contributed by atoms with Crippen LogP contribution in [0.25, 0.3) is 0 Å². The third-order valence-electron chi connectivity index (χ3n) is 5.67. The van der Waals surface area contributed by atoms with E-state index >= 15 is 0 Å². The van der Waals surface area contributed by atoms with Gasteiger partial charge in [0.15, 0.2) is 6.61 Å². The molecule has 4 rings (SSSR count). The molecule has 0 radical (unpaired) electrons. The summed E-state index contributed by atoms with van der Waals surface area (Å²) in [5, 5.41) is 2.12. The van der Waals surface area contributed by atoms with Gasteiger partial charge in [-0.15, -0.1) is 0 Å². The Labute approximate surface area is 162 Å². The number of carbonyl (C=O) groups is 3. The molecule has 0 spiro atoms. The Morgan fingerprint density at radius 1 is 1.29 bits per heavy atom. The third kappa shape index (κ3) is 3.21. The van der Waals surface area contributed by atoms with Gasteiger partial charge in [0.25, 0.3) is 5.91 Å². The minimum atomic E-state index is -4.59. The van der Waals surface area contributed by atoms with Gasteiger partial charge in [0.05, 0.1) is 28.1 Å². The van der Waals surface area contributed by atoms with Crippen LogP contribution in [0.1, 0.15) is 18.4 Å². The molecule has 1 aromatic rings. The van der Waals surface area contributed by atoms with Crippen molar-refractivity contribution in [3.63, 3.8) is 0 Å². The van der Waals surface area contributed by atoms with Crippen LogP contribution in [0.5, 0.6) is 0 Å². The van der Waals surface area contributed by atoms with Crippen LogP contribution in [0.2, 0.25) is 5.02 Å². The Kier molecular flexibility index (Phi) is 4.52. The summed E-state index contributed by atoms with van der Waals surface area (Å²) in [7, 11) is 0. The molecular weight excluding hydrogens is 403 g/mol. The number of amides is 1. The maximum absolute atomic E-state index is 12.8. The third-order valence-corrected chi connectivity index (χ3v) is 6.00. The lowest BCUT2D eigenvalue weighted by atomic mass is 9.80. The van der Waals surface area contributed by atoms with Gasteiger partial charge in [-0.2, -0.15) is 13.2 Å². The topological polar surface area (TPSA) is 81.7 Å². The summed E-state index contributed by atoms with van der Waals surface area (Å²) in [5.41, 5.74) is -1.21. The second kappa shape index (κ2) is 6.65. The predicted octanol–water partition coefficient (Wildman–Crippen LogP) is 3.04. The van der Waals surface area contributed by atoms with Crippen LogP contribution in [0.15, 0.2) is 18.2 Å². The molecule has 6 nitrogen and oxygen atoms in total. The SMILES string of the molecule is O=C(COC(=O)[C@H]1[C@H]2C[C@@H]3[C@@H]1C(=O)O[C@@H]3C2)Nc1cc(C(F)(F)F)ccc1Cl. The number of ether oxygens (including phenoxy) is 2. The zero-order valence-corrected chi connectivity index (χ0v) is 15.0. The number of anilines is 1. The number of hydrogen-bond acceptors (Lipinski definition) is 5. The monoisotopic (exact) mass is 417 g/mol. The summed E-state index contributed by atoms with van der Waals surface area (Å²) >= 11 is 5.82. The summed E-state index contributed by atoms with van der Waals surface area (Å²) in [5.74, 6) is -3.06. The predicted molar refractivity (Wildman–Crippen MR) is 89.1 cm³/mol. The van der Waals surface area contributed by atoms with Gasteiger partial charge in [-0.3, -0.25) is 14.4 Å². The molecule has 2 bridgehead atoms. The van der Waals surface area contributed by atoms with Gasteiger partial charge in [-0.05, 0) is 37.0 Å². The Morgan fingerprint density at radius 3 is 2.75 bits per heavy atom. The number of rotatable bonds is 4. The Bertz CT molecular complexity index is 856. The van der Waals surface area contributed by atoms with Gasteiger partial charge in [-0.1, -0.05) is 11.6 Å². The Hall–Kier alpha value is -2.29. The van der Waals surface area contributed by atoms with Crippen molar-refractivity contribution < 1.29 is 37.0 Å². The van der Waals surface area contributed by atoms with E-state index in [9.17, 15) is 27.6 Å². The lowest BCUT2D eigenvalue weighted by molar-refractivity contribution is -0.157. The molecule has 1 heterocycles. The number of esters is 2. The molecule has 150 valence electrons. The van der Waals surface area contributed by atoms with E-state index in [4.69, 9.17) is 21.1 Å². The van der Waals surface area contributed by atoms with E-state index in [1.807, 2.05) is 0 Å². The highest BCUT2D eigenvalue weighted by molar-refractivity contribution is 6.33. The molecule has 2 saturated carbocycles. The number of alkyl halides is 3. The van der Waals surface area contributed by atoms with Crippen molar-refractivity contribution in [3.8, 4) is 0 Å². The van der Waals surface area contributed by atoms with Crippen molar-refractivity contribution in [1.29, 1.82) is 0 Å². The van der Waals surface area contributed by atoms with Crippen LogP contribution in [-0.2, 0) is 30.0 Å². The largest absolute Gasteiger partial charge is 0.462 e. The molecule has 1 amide bonds. The minimum absolute atomic E-state index is 0.0140. The highest BCUT2D eigenvalue weighted by Gasteiger charge is 2.64. The normalized spacial score (nSPS) is 30.3. The first kappa shape index (κ1) is 19.0. The molecule has 1 saturated heterocycles. The molecule has 28 heavy (non-hydrogen) atoms. The maximum atomic E-state index is 12.8. The molecule has 10 heteroatoms. The summed E-state index contributed by atoms with van der Waals surface area (Å²) in [4.78, 5) is 36.3. The van der Waals surface area contributed by atoms with Crippen LogP contribution in [0.3, 0.4) is 0 Å². The van der Waals surface area contributed by atoms with Crippen LogP contribution in [0, 0.1) is 23.7 Å². The first-order valence-electron chi connectivity index (χ1n) is 8.69. The summed E-state index contributed by atoms with van der Waals surface area (Å²) in [6.07, 6.45) is -3.39. The molecule has 3 aliphatic rings.